The van der Waals surface area contributed by atoms with Crippen molar-refractivity contribution in [1.29, 1.82) is 0 Å². The lowest BCUT2D eigenvalue weighted by Gasteiger charge is -2.05. The minimum absolute atomic E-state index is 0.0670. The first kappa shape index (κ1) is 18.7. The Morgan fingerprint density at radius 1 is 1.27 bits per heavy atom. The second kappa shape index (κ2) is 8.07. The maximum atomic E-state index is 12.5. The summed E-state index contributed by atoms with van der Waals surface area (Å²) >= 11 is 13.0. The van der Waals surface area contributed by atoms with E-state index in [0.29, 0.717) is 39.3 Å². The summed E-state index contributed by atoms with van der Waals surface area (Å²) in [5.41, 5.74) is 0.713. The Balaban J connectivity index is 1.56. The summed E-state index contributed by atoms with van der Waals surface area (Å²) in [6.07, 6.45) is -2.38. The molecule has 0 aliphatic carbocycles. The van der Waals surface area contributed by atoms with E-state index in [2.05, 4.69) is 20.5 Å². The third kappa shape index (κ3) is 4.35. The largest absolute Gasteiger partial charge is 0.414 e. The predicted molar refractivity (Wildman–Crippen MR) is 92.9 cm³/mol. The number of carbonyl (C=O) groups excluding carboxylic acids is 1. The van der Waals surface area contributed by atoms with Crippen LogP contribution in [-0.2, 0) is 6.42 Å². The lowest BCUT2D eigenvalue weighted by molar-refractivity contribution is 0.0954. The summed E-state index contributed by atoms with van der Waals surface area (Å²) in [5, 5.41) is 12.5. The molecule has 0 saturated heterocycles. The molecule has 2 heterocycles. The molecule has 0 aliphatic heterocycles. The van der Waals surface area contributed by atoms with E-state index in [1.165, 1.54) is 17.4 Å². The van der Waals surface area contributed by atoms with Crippen LogP contribution in [0.15, 0.2) is 28.0 Å². The van der Waals surface area contributed by atoms with Crippen molar-refractivity contribution < 1.29 is 18.0 Å². The van der Waals surface area contributed by atoms with Crippen LogP contribution in [0.3, 0.4) is 0 Å². The number of thiazole rings is 1. The number of nitrogens with one attached hydrogen (secondary N) is 1. The average Bonchev–Trinajstić information content (AvgIpc) is 3.26. The van der Waals surface area contributed by atoms with Gasteiger partial charge in [-0.05, 0) is 18.2 Å². The Kier molecular flexibility index (Phi) is 5.80. The van der Waals surface area contributed by atoms with Crippen LogP contribution in [0.4, 0.5) is 8.78 Å². The summed E-state index contributed by atoms with van der Waals surface area (Å²) < 4.78 is 29.8. The van der Waals surface area contributed by atoms with Crippen LogP contribution in [0.2, 0.25) is 10.0 Å². The number of halogens is 4. The van der Waals surface area contributed by atoms with Crippen molar-refractivity contribution in [2.45, 2.75) is 12.8 Å². The first-order valence-electron chi connectivity index (χ1n) is 7.23. The smallest absolute Gasteiger partial charge is 0.314 e. The van der Waals surface area contributed by atoms with E-state index in [1.807, 2.05) is 0 Å². The molecule has 0 atom stereocenters. The van der Waals surface area contributed by atoms with Gasteiger partial charge in [0.05, 0.1) is 15.1 Å². The van der Waals surface area contributed by atoms with E-state index in [0.717, 1.165) is 0 Å². The molecule has 3 rings (SSSR count). The van der Waals surface area contributed by atoms with Gasteiger partial charge >= 0.3 is 6.43 Å². The van der Waals surface area contributed by atoms with Gasteiger partial charge in [-0.15, -0.1) is 21.5 Å². The highest BCUT2D eigenvalue weighted by atomic mass is 35.5. The molecule has 1 amide bonds. The zero-order valence-electron chi connectivity index (χ0n) is 12.9. The second-order valence-electron chi connectivity index (χ2n) is 5.01. The number of aromatic nitrogens is 3. The van der Waals surface area contributed by atoms with E-state index in [9.17, 15) is 13.6 Å². The van der Waals surface area contributed by atoms with E-state index in [1.54, 1.807) is 17.5 Å². The molecule has 1 N–H and O–H groups in total. The fourth-order valence-electron chi connectivity index (χ4n) is 1.97. The fourth-order valence-corrected chi connectivity index (χ4v) is 3.04. The standard InChI is InChI=1S/C15H10Cl2F2N4O2S/c16-8-2-1-7(5-9(8)17)13(24)20-4-3-11-21-10(6-26-11)14-22-23-15(25-14)12(18)19/h1-2,5-6,12H,3-4H2,(H,20,24). The van der Waals surface area contributed by atoms with Crippen LogP contribution in [0.25, 0.3) is 11.6 Å². The molecule has 0 fully saturated rings. The first-order valence-corrected chi connectivity index (χ1v) is 8.87. The molecule has 0 spiro atoms. The first-order chi connectivity index (χ1) is 12.4. The van der Waals surface area contributed by atoms with Crippen molar-refractivity contribution in [1.82, 2.24) is 20.5 Å². The number of alkyl halides is 2. The summed E-state index contributed by atoms with van der Waals surface area (Å²) in [6.45, 7) is 0.331. The van der Waals surface area contributed by atoms with Gasteiger partial charge in [-0.25, -0.2) is 4.98 Å². The Morgan fingerprint density at radius 3 is 2.77 bits per heavy atom. The van der Waals surface area contributed by atoms with Gasteiger partial charge in [0.15, 0.2) is 0 Å². The topological polar surface area (TPSA) is 80.9 Å². The van der Waals surface area contributed by atoms with Gasteiger partial charge in [0, 0.05) is 23.9 Å². The molecule has 0 saturated carbocycles. The maximum absolute atomic E-state index is 12.5. The van der Waals surface area contributed by atoms with E-state index in [-0.39, 0.29) is 11.8 Å². The number of hydrogen-bond donors (Lipinski definition) is 1. The van der Waals surface area contributed by atoms with Crippen molar-refractivity contribution in [3.63, 3.8) is 0 Å². The van der Waals surface area contributed by atoms with Crippen LogP contribution < -0.4 is 5.32 Å². The molecule has 6 nitrogen and oxygen atoms in total. The number of carbonyl (C=O) groups is 1. The van der Waals surface area contributed by atoms with Gasteiger partial charge in [-0.3, -0.25) is 4.79 Å². The van der Waals surface area contributed by atoms with Crippen LogP contribution in [0.1, 0.15) is 27.7 Å². The molecule has 2 aromatic heterocycles. The molecule has 0 bridgehead atoms. The highest BCUT2D eigenvalue weighted by molar-refractivity contribution is 7.09. The van der Waals surface area contributed by atoms with Gasteiger partial charge in [-0.2, -0.15) is 8.78 Å². The highest BCUT2D eigenvalue weighted by Crippen LogP contribution is 2.25. The lowest BCUT2D eigenvalue weighted by Crippen LogP contribution is -2.25. The molecule has 26 heavy (non-hydrogen) atoms. The van der Waals surface area contributed by atoms with Gasteiger partial charge in [-0.1, -0.05) is 23.2 Å². The minimum Gasteiger partial charge on any atom is -0.414 e. The van der Waals surface area contributed by atoms with Crippen molar-refractivity contribution in [3.05, 3.63) is 50.1 Å². The molecule has 136 valence electrons. The number of benzene rings is 1. The average molecular weight is 419 g/mol. The SMILES string of the molecule is O=C(NCCc1nc(-c2nnc(C(F)F)o2)cs1)c1ccc(Cl)c(Cl)c1. The van der Waals surface area contributed by atoms with Crippen molar-refractivity contribution >= 4 is 40.4 Å². The number of amides is 1. The van der Waals surface area contributed by atoms with Crippen molar-refractivity contribution in [2.24, 2.45) is 0 Å². The molecular formula is C15H10Cl2F2N4O2S. The van der Waals surface area contributed by atoms with E-state index in [4.69, 9.17) is 27.6 Å². The van der Waals surface area contributed by atoms with Gasteiger partial charge < -0.3 is 9.73 Å². The van der Waals surface area contributed by atoms with Crippen LogP contribution >= 0.6 is 34.5 Å². The summed E-state index contributed by atoms with van der Waals surface area (Å²) in [6, 6.07) is 4.60. The fraction of sp³-hybridized carbons (Fsp3) is 0.200. The monoisotopic (exact) mass is 418 g/mol. The van der Waals surface area contributed by atoms with Gasteiger partial charge in [0.1, 0.15) is 5.69 Å². The summed E-state index contributed by atoms with van der Waals surface area (Å²) in [4.78, 5) is 16.3. The Hall–Kier alpha value is -2.10. The van der Waals surface area contributed by atoms with Crippen molar-refractivity contribution in [3.8, 4) is 11.6 Å². The quantitative estimate of drug-likeness (QED) is 0.640. The molecule has 1 aromatic carbocycles. The summed E-state index contributed by atoms with van der Waals surface area (Å²) in [5.74, 6) is -1.11. The van der Waals surface area contributed by atoms with Crippen LogP contribution in [-0.4, -0.2) is 27.6 Å². The second-order valence-corrected chi connectivity index (χ2v) is 6.76. The zero-order valence-corrected chi connectivity index (χ0v) is 15.2. The van der Waals surface area contributed by atoms with Crippen molar-refractivity contribution in [2.75, 3.05) is 6.54 Å². The Labute approximate surface area is 160 Å². The van der Waals surface area contributed by atoms with E-state index >= 15 is 0 Å². The minimum atomic E-state index is -2.83. The third-order valence-electron chi connectivity index (χ3n) is 3.20. The molecular weight excluding hydrogens is 409 g/mol. The van der Waals surface area contributed by atoms with E-state index < -0.39 is 12.3 Å². The van der Waals surface area contributed by atoms with Gasteiger partial charge in [0.25, 0.3) is 17.7 Å². The van der Waals surface area contributed by atoms with Gasteiger partial charge in [0.2, 0.25) is 0 Å². The third-order valence-corrected chi connectivity index (χ3v) is 4.85. The molecule has 3 aromatic rings. The Morgan fingerprint density at radius 2 is 2.08 bits per heavy atom. The summed E-state index contributed by atoms with van der Waals surface area (Å²) in [7, 11) is 0. The normalized spacial score (nSPS) is 11.1. The number of nitrogens with zero attached hydrogens (tertiary/aromatic N) is 3. The zero-order chi connectivity index (χ0) is 18.7. The Bertz CT molecular complexity index is 932. The molecule has 0 unspecified atom stereocenters. The molecule has 0 aliphatic rings. The predicted octanol–water partition coefficient (Wildman–Crippen LogP) is 4.41. The van der Waals surface area contributed by atoms with Crippen LogP contribution in [0, 0.1) is 0 Å². The van der Waals surface area contributed by atoms with Crippen LogP contribution in [0.5, 0.6) is 0 Å². The number of hydrogen-bond acceptors (Lipinski definition) is 6. The molecule has 11 heteroatoms. The molecule has 0 radical (unpaired) electrons. The number of rotatable bonds is 6. The highest BCUT2D eigenvalue weighted by Gasteiger charge is 2.18. The lowest BCUT2D eigenvalue weighted by atomic mass is 10.2. The maximum Gasteiger partial charge on any atom is 0.314 e.